The number of rotatable bonds is 5. The van der Waals surface area contributed by atoms with E-state index in [2.05, 4.69) is 6.58 Å². The summed E-state index contributed by atoms with van der Waals surface area (Å²) in [5, 5.41) is 0. The Kier molecular flexibility index (Phi) is 5.47. The molecule has 6 heteroatoms. The van der Waals surface area contributed by atoms with Crippen molar-refractivity contribution in [3.63, 3.8) is 0 Å². The van der Waals surface area contributed by atoms with Crippen LogP contribution >= 0.6 is 0 Å². The quantitative estimate of drug-likeness (QED) is 0.391. The zero-order valence-electron chi connectivity index (χ0n) is 11.9. The molecule has 20 heavy (non-hydrogen) atoms. The van der Waals surface area contributed by atoms with Gasteiger partial charge in [0.25, 0.3) is 0 Å². The van der Waals surface area contributed by atoms with Gasteiger partial charge in [0, 0.05) is 13.0 Å². The van der Waals surface area contributed by atoms with Crippen LogP contribution in [0.3, 0.4) is 0 Å². The maximum atomic E-state index is 11.4. The molecule has 0 bridgehead atoms. The SMILES string of the molecule is C=CC(=O)OC(C)Oc1c(S(=O)O)cc(C)c(C)c1C. The lowest BCUT2D eigenvalue weighted by molar-refractivity contribution is -0.155. The largest absolute Gasteiger partial charge is 0.453 e. The van der Waals surface area contributed by atoms with Crippen molar-refractivity contribution in [1.29, 1.82) is 0 Å². The standard InChI is InChI=1S/C14H18O5S/c1-6-13(15)18-11(5)19-14-10(4)9(3)8(2)7-12(14)20(16)17/h6-7,11H,1H2,2-5H3,(H,16,17). The van der Waals surface area contributed by atoms with Gasteiger partial charge in [-0.3, -0.25) is 0 Å². The molecule has 0 spiro atoms. The van der Waals surface area contributed by atoms with Crippen molar-refractivity contribution in [3.8, 4) is 5.75 Å². The Labute approximate surface area is 120 Å². The lowest BCUT2D eigenvalue weighted by atomic mass is 10.0. The van der Waals surface area contributed by atoms with Crippen molar-refractivity contribution in [1.82, 2.24) is 0 Å². The Hall–Kier alpha value is -1.66. The Bertz CT molecular complexity index is 565. The van der Waals surface area contributed by atoms with E-state index in [1.807, 2.05) is 13.8 Å². The Balaban J connectivity index is 3.16. The molecular weight excluding hydrogens is 280 g/mol. The monoisotopic (exact) mass is 298 g/mol. The maximum absolute atomic E-state index is 11.4. The third-order valence-corrected chi connectivity index (χ3v) is 3.67. The highest BCUT2D eigenvalue weighted by Gasteiger charge is 2.19. The third-order valence-electron chi connectivity index (χ3n) is 2.99. The zero-order valence-corrected chi connectivity index (χ0v) is 12.7. The molecule has 0 saturated heterocycles. The van der Waals surface area contributed by atoms with Crippen LogP contribution in [0.25, 0.3) is 0 Å². The third kappa shape index (κ3) is 3.68. The van der Waals surface area contributed by atoms with Crippen LogP contribution in [0.1, 0.15) is 23.6 Å². The number of esters is 1. The molecule has 110 valence electrons. The van der Waals surface area contributed by atoms with Gasteiger partial charge in [0.1, 0.15) is 10.6 Å². The molecule has 0 amide bonds. The van der Waals surface area contributed by atoms with Crippen LogP contribution in [0.5, 0.6) is 5.75 Å². The summed E-state index contributed by atoms with van der Waals surface area (Å²) in [6, 6.07) is 1.59. The topological polar surface area (TPSA) is 72.8 Å². The predicted molar refractivity (Wildman–Crippen MR) is 76.1 cm³/mol. The van der Waals surface area contributed by atoms with Crippen molar-refractivity contribution in [2.24, 2.45) is 0 Å². The molecule has 5 nitrogen and oxygen atoms in total. The van der Waals surface area contributed by atoms with Gasteiger partial charge in [-0.05, 0) is 43.5 Å². The molecule has 0 aliphatic rings. The molecule has 0 radical (unpaired) electrons. The van der Waals surface area contributed by atoms with Crippen molar-refractivity contribution >= 4 is 17.0 Å². The van der Waals surface area contributed by atoms with Crippen LogP contribution < -0.4 is 4.74 Å². The van der Waals surface area contributed by atoms with E-state index in [0.29, 0.717) is 0 Å². The molecule has 1 aromatic carbocycles. The summed E-state index contributed by atoms with van der Waals surface area (Å²) in [5.74, 6) is -0.357. The summed E-state index contributed by atoms with van der Waals surface area (Å²) in [4.78, 5) is 11.3. The molecule has 0 aromatic heterocycles. The first-order chi connectivity index (χ1) is 9.27. The number of carbonyl (C=O) groups is 1. The predicted octanol–water partition coefficient (Wildman–Crippen LogP) is 2.65. The molecular formula is C14H18O5S. The molecule has 0 aliphatic carbocycles. The van der Waals surface area contributed by atoms with Gasteiger partial charge in [-0.15, -0.1) is 0 Å². The van der Waals surface area contributed by atoms with Gasteiger partial charge in [0.05, 0.1) is 0 Å². The number of ether oxygens (including phenoxy) is 2. The molecule has 0 saturated carbocycles. The number of benzene rings is 1. The highest BCUT2D eigenvalue weighted by molar-refractivity contribution is 7.79. The maximum Gasteiger partial charge on any atom is 0.333 e. The second kappa shape index (κ2) is 6.67. The number of hydrogen-bond acceptors (Lipinski definition) is 4. The second-order valence-corrected chi connectivity index (χ2v) is 5.28. The van der Waals surface area contributed by atoms with Crippen molar-refractivity contribution in [2.45, 2.75) is 38.9 Å². The number of hydrogen-bond donors (Lipinski definition) is 1. The first-order valence-electron chi connectivity index (χ1n) is 5.99. The van der Waals surface area contributed by atoms with E-state index in [4.69, 9.17) is 9.47 Å². The van der Waals surface area contributed by atoms with Crippen molar-refractivity contribution in [2.75, 3.05) is 0 Å². The summed E-state index contributed by atoms with van der Waals surface area (Å²) in [5.41, 5.74) is 2.59. The summed E-state index contributed by atoms with van der Waals surface area (Å²) in [6.45, 7) is 10.3. The van der Waals surface area contributed by atoms with Crippen LogP contribution in [0.15, 0.2) is 23.6 Å². The van der Waals surface area contributed by atoms with Crippen LogP contribution in [0.4, 0.5) is 0 Å². The van der Waals surface area contributed by atoms with Gasteiger partial charge in [-0.1, -0.05) is 6.58 Å². The Morgan fingerprint density at radius 2 is 2.00 bits per heavy atom. The van der Waals surface area contributed by atoms with E-state index in [1.54, 1.807) is 13.0 Å². The summed E-state index contributed by atoms with van der Waals surface area (Å²) in [7, 11) is 0. The van der Waals surface area contributed by atoms with Gasteiger partial charge in [0.15, 0.2) is 11.1 Å². The molecule has 0 aliphatic heterocycles. The van der Waals surface area contributed by atoms with Crippen molar-refractivity contribution in [3.05, 3.63) is 35.4 Å². The molecule has 0 fully saturated rings. The molecule has 1 N–H and O–H groups in total. The van der Waals surface area contributed by atoms with E-state index < -0.39 is 23.3 Å². The molecule has 1 rings (SSSR count). The van der Waals surface area contributed by atoms with Gasteiger partial charge in [-0.25, -0.2) is 9.00 Å². The fourth-order valence-electron chi connectivity index (χ4n) is 1.70. The molecule has 1 aromatic rings. The normalized spacial score (nSPS) is 13.4. The lowest BCUT2D eigenvalue weighted by Crippen LogP contribution is -2.21. The van der Waals surface area contributed by atoms with Crippen LogP contribution in [0, 0.1) is 20.8 Å². The van der Waals surface area contributed by atoms with Gasteiger partial charge >= 0.3 is 5.97 Å². The minimum atomic E-state index is -2.19. The fraction of sp³-hybridized carbons (Fsp3) is 0.357. The fourth-order valence-corrected chi connectivity index (χ4v) is 2.34. The minimum absolute atomic E-state index is 0.159. The van der Waals surface area contributed by atoms with Gasteiger partial charge in [0.2, 0.25) is 6.29 Å². The molecule has 2 unspecified atom stereocenters. The number of aryl methyl sites for hydroxylation is 1. The van der Waals surface area contributed by atoms with E-state index in [9.17, 15) is 13.6 Å². The summed E-state index contributed by atoms with van der Waals surface area (Å²) >= 11 is -2.19. The lowest BCUT2D eigenvalue weighted by Gasteiger charge is -2.20. The van der Waals surface area contributed by atoms with E-state index in [-0.39, 0.29) is 10.6 Å². The van der Waals surface area contributed by atoms with Gasteiger partial charge in [-0.2, -0.15) is 0 Å². The highest BCUT2D eigenvalue weighted by Crippen LogP contribution is 2.32. The smallest absolute Gasteiger partial charge is 0.333 e. The Morgan fingerprint density at radius 3 is 2.50 bits per heavy atom. The van der Waals surface area contributed by atoms with E-state index in [1.165, 1.54) is 6.92 Å². The summed E-state index contributed by atoms with van der Waals surface area (Å²) in [6.07, 6.45) is 0.140. The zero-order chi connectivity index (χ0) is 15.4. The Morgan fingerprint density at radius 1 is 1.40 bits per heavy atom. The number of carbonyl (C=O) groups excluding carboxylic acids is 1. The van der Waals surface area contributed by atoms with E-state index >= 15 is 0 Å². The van der Waals surface area contributed by atoms with Crippen LogP contribution in [0.2, 0.25) is 0 Å². The molecule has 0 heterocycles. The second-order valence-electron chi connectivity index (χ2n) is 4.35. The first kappa shape index (κ1) is 16.4. The summed E-state index contributed by atoms with van der Waals surface area (Å²) < 4.78 is 31.2. The van der Waals surface area contributed by atoms with Gasteiger partial charge < -0.3 is 14.0 Å². The minimum Gasteiger partial charge on any atom is -0.453 e. The van der Waals surface area contributed by atoms with E-state index in [0.717, 1.165) is 22.8 Å². The first-order valence-corrected chi connectivity index (χ1v) is 7.10. The highest BCUT2D eigenvalue weighted by atomic mass is 32.2. The van der Waals surface area contributed by atoms with Crippen LogP contribution in [-0.2, 0) is 20.6 Å². The average molecular weight is 298 g/mol. The van der Waals surface area contributed by atoms with Crippen LogP contribution in [-0.4, -0.2) is 21.0 Å². The average Bonchev–Trinajstić information content (AvgIpc) is 2.38. The van der Waals surface area contributed by atoms with Crippen molar-refractivity contribution < 1.29 is 23.0 Å². The molecule has 2 atom stereocenters.